The van der Waals surface area contributed by atoms with Crippen LogP contribution in [-0.4, -0.2) is 74.6 Å². The molecule has 0 bridgehead atoms. The zero-order chi connectivity index (χ0) is 33.4. The summed E-state index contributed by atoms with van der Waals surface area (Å²) in [5, 5.41) is 5.82. The van der Waals surface area contributed by atoms with Gasteiger partial charge in [0, 0.05) is 7.11 Å². The number of carbonyl (C=O) groups excluding carboxylic acids is 2. The second-order valence-corrected chi connectivity index (χ2v) is 17.5. The molecular formula is C32H52N7O6P. The molecule has 2 atom stereocenters. The van der Waals surface area contributed by atoms with E-state index in [1.165, 1.54) is 57.7 Å². The molecule has 0 saturated heterocycles. The third-order valence-corrected chi connectivity index (χ3v) is 12.6. The summed E-state index contributed by atoms with van der Waals surface area (Å²) in [5.74, 6) is -0.196. The van der Waals surface area contributed by atoms with Gasteiger partial charge in [0.2, 0.25) is 7.44 Å². The monoisotopic (exact) mass is 661 g/mol. The number of aldehydes is 1. The number of nitrogens with two attached hydrogens (primary N) is 1. The molecule has 2 unspecified atom stereocenters. The Bertz CT molecular complexity index is 1440. The first kappa shape index (κ1) is 34.9. The molecule has 46 heavy (non-hydrogen) atoms. The molecule has 14 heteroatoms. The number of rotatable bonds is 13. The van der Waals surface area contributed by atoms with E-state index >= 15 is 0 Å². The summed E-state index contributed by atoms with van der Waals surface area (Å²) >= 11 is 0. The summed E-state index contributed by atoms with van der Waals surface area (Å²) in [6.07, 6.45) is 16.0. The van der Waals surface area contributed by atoms with Crippen LogP contribution < -0.4 is 15.9 Å². The van der Waals surface area contributed by atoms with E-state index in [-0.39, 0.29) is 18.3 Å². The highest BCUT2D eigenvalue weighted by atomic mass is 31.2. The summed E-state index contributed by atoms with van der Waals surface area (Å²) in [7, 11) is -1.78. The van der Waals surface area contributed by atoms with Crippen molar-refractivity contribution in [3.8, 4) is 0 Å². The molecule has 4 N–H and O–H groups in total. The fraction of sp³-hybridized carbons (Fsp3) is 0.781. The van der Waals surface area contributed by atoms with Gasteiger partial charge >= 0.3 is 5.97 Å². The number of hydrogen-bond donors (Lipinski definition) is 3. The van der Waals surface area contributed by atoms with E-state index in [4.69, 9.17) is 19.9 Å². The molecule has 2 aromatic heterocycles. The van der Waals surface area contributed by atoms with Crippen molar-refractivity contribution in [2.24, 2.45) is 10.8 Å². The molecule has 4 fully saturated rings. The Labute approximate surface area is 272 Å². The zero-order valence-corrected chi connectivity index (χ0v) is 29.1. The number of anilines is 1. The van der Waals surface area contributed by atoms with Gasteiger partial charge in [-0.3, -0.25) is 9.36 Å². The Morgan fingerprint density at radius 1 is 1.07 bits per heavy atom. The molecule has 2 aromatic rings. The predicted octanol–water partition coefficient (Wildman–Crippen LogP) is 4.74. The van der Waals surface area contributed by atoms with Crippen LogP contribution in [0.1, 0.15) is 98.8 Å². The van der Waals surface area contributed by atoms with Crippen molar-refractivity contribution < 1.29 is 28.4 Å². The van der Waals surface area contributed by atoms with E-state index < -0.39 is 30.6 Å². The van der Waals surface area contributed by atoms with Crippen molar-refractivity contribution >= 4 is 36.7 Å². The van der Waals surface area contributed by atoms with Gasteiger partial charge < -0.3 is 29.3 Å². The summed E-state index contributed by atoms with van der Waals surface area (Å²) in [6.45, 7) is 8.65. The lowest BCUT2D eigenvalue weighted by Gasteiger charge is -2.53. The van der Waals surface area contributed by atoms with E-state index in [1.807, 2.05) is 14.0 Å². The maximum absolute atomic E-state index is 14.0. The first-order valence-corrected chi connectivity index (χ1v) is 18.4. The molecule has 0 aliphatic heterocycles. The summed E-state index contributed by atoms with van der Waals surface area (Å²) < 4.78 is 32.7. The molecule has 6 rings (SSSR count). The van der Waals surface area contributed by atoms with E-state index in [0.29, 0.717) is 35.5 Å². The highest BCUT2D eigenvalue weighted by Gasteiger charge is 2.51. The minimum absolute atomic E-state index is 0.105. The van der Waals surface area contributed by atoms with Crippen LogP contribution in [0.3, 0.4) is 0 Å². The van der Waals surface area contributed by atoms with Crippen LogP contribution in [0.5, 0.6) is 0 Å². The Morgan fingerprint density at radius 3 is 2.22 bits per heavy atom. The third kappa shape index (κ3) is 7.81. The van der Waals surface area contributed by atoms with Gasteiger partial charge in [0.15, 0.2) is 11.5 Å². The van der Waals surface area contributed by atoms with Crippen molar-refractivity contribution in [1.82, 2.24) is 29.7 Å². The lowest BCUT2D eigenvalue weighted by Crippen LogP contribution is -2.54. The molecule has 4 saturated carbocycles. The normalized spacial score (nSPS) is 23.6. The smallest absolute Gasteiger partial charge is 0.326 e. The van der Waals surface area contributed by atoms with Crippen LogP contribution in [0.2, 0.25) is 0 Å². The largest absolute Gasteiger partial charge is 0.461 e. The summed E-state index contributed by atoms with van der Waals surface area (Å²) in [6, 6.07) is 0. The van der Waals surface area contributed by atoms with Gasteiger partial charge in [-0.25, -0.2) is 25.1 Å². The number of nitrogen functional groups attached to an aromatic ring is 1. The van der Waals surface area contributed by atoms with Gasteiger partial charge in [0.05, 0.1) is 30.6 Å². The summed E-state index contributed by atoms with van der Waals surface area (Å²) in [5.41, 5.74) is 5.69. The molecule has 4 aliphatic carbocycles. The zero-order valence-electron chi connectivity index (χ0n) is 28.2. The maximum Gasteiger partial charge on any atom is 0.326 e. The van der Waals surface area contributed by atoms with Gasteiger partial charge in [-0.05, 0) is 96.8 Å². The minimum atomic E-state index is -3.61. The molecule has 0 amide bonds. The topological polar surface area (TPSA) is 173 Å². The number of carbonyl (C=O) groups is 2. The average Bonchev–Trinajstić information content (AvgIpc) is 3.30. The molecule has 4 aliphatic rings. The number of nitrogens with one attached hydrogen (secondary N) is 2. The Morgan fingerprint density at radius 2 is 1.67 bits per heavy atom. The number of aromatic nitrogens is 4. The Kier molecular flexibility index (Phi) is 10.0. The van der Waals surface area contributed by atoms with Crippen molar-refractivity contribution in [2.45, 2.75) is 135 Å². The molecule has 13 nitrogen and oxygen atoms in total. The van der Waals surface area contributed by atoms with Crippen LogP contribution in [0.4, 0.5) is 5.82 Å². The molecule has 256 valence electrons. The van der Waals surface area contributed by atoms with Crippen molar-refractivity contribution in [1.29, 1.82) is 0 Å². The van der Waals surface area contributed by atoms with Gasteiger partial charge in [-0.2, -0.15) is 0 Å². The number of imidazole rings is 1. The first-order chi connectivity index (χ1) is 21.6. The van der Waals surface area contributed by atoms with Crippen LogP contribution in [0, 0.1) is 10.8 Å². The second-order valence-electron chi connectivity index (χ2n) is 15.3. The Balaban J connectivity index is 0.000000393. The predicted molar refractivity (Wildman–Crippen MR) is 175 cm³/mol. The van der Waals surface area contributed by atoms with Crippen molar-refractivity contribution in [3.63, 3.8) is 0 Å². The molecule has 2 spiro atoms. The summed E-state index contributed by atoms with van der Waals surface area (Å²) in [4.78, 5) is 37.1. The number of methoxy groups -OCH3 is 1. The highest BCUT2D eigenvalue weighted by molar-refractivity contribution is 7.59. The lowest BCUT2D eigenvalue weighted by atomic mass is 9.55. The lowest BCUT2D eigenvalue weighted by molar-refractivity contribution is -0.173. The van der Waals surface area contributed by atoms with E-state index in [2.05, 4.69) is 25.1 Å². The maximum atomic E-state index is 14.0. The molecular weight excluding hydrogens is 609 g/mol. The highest BCUT2D eigenvalue weighted by Crippen LogP contribution is 2.57. The van der Waals surface area contributed by atoms with Crippen molar-refractivity contribution in [2.75, 3.05) is 19.2 Å². The number of nitrogens with zero attached hydrogens (tertiary/aromatic N) is 4. The average molecular weight is 662 g/mol. The fourth-order valence-corrected chi connectivity index (χ4v) is 9.83. The van der Waals surface area contributed by atoms with Crippen LogP contribution in [-0.2, 0) is 34.9 Å². The number of ether oxygens (including phenoxy) is 3. The number of esters is 1. The van der Waals surface area contributed by atoms with Gasteiger partial charge in [0.25, 0.3) is 0 Å². The minimum Gasteiger partial charge on any atom is -0.461 e. The van der Waals surface area contributed by atoms with Crippen molar-refractivity contribution in [3.05, 3.63) is 12.7 Å². The quantitative estimate of drug-likeness (QED) is 0.153. The second kappa shape index (κ2) is 13.2. The third-order valence-electron chi connectivity index (χ3n) is 10.2. The SMILES string of the molecule is CC(Cn1cnc2c(N)ncnc21)OCP(=O)(NC(C)(C)C=O)NC(C)(C)C(=O)OC1CC2(CCC2)C1.COC1CC2(CCC2)C1. The molecule has 2 heterocycles. The van der Waals surface area contributed by atoms with Gasteiger partial charge in [0.1, 0.15) is 36.1 Å². The van der Waals surface area contributed by atoms with Crippen LogP contribution in [0.25, 0.3) is 11.2 Å². The van der Waals surface area contributed by atoms with Crippen LogP contribution in [0.15, 0.2) is 12.7 Å². The van der Waals surface area contributed by atoms with E-state index in [0.717, 1.165) is 18.3 Å². The Hall–Kier alpha value is -2.44. The fourth-order valence-electron chi connectivity index (χ4n) is 7.21. The number of hydrogen-bond acceptors (Lipinski definition) is 10. The van der Waals surface area contributed by atoms with E-state index in [9.17, 15) is 14.2 Å². The number of fused-ring (bicyclic) bond motifs is 1. The van der Waals surface area contributed by atoms with Gasteiger partial charge in [-0.1, -0.05) is 12.8 Å². The molecule has 0 radical (unpaired) electrons. The molecule has 0 aromatic carbocycles. The standard InChI is InChI=1S/C24H38N7O5P.C8H14O/c1-16(11-31-14-28-18-19(25)26-13-27-20(18)31)35-15-37(34,29-22(2,3)12-32)30-23(4,5)21(33)36-17-9-24(10-17)7-6-8-24;1-9-7-5-8(6-7)3-2-4-8/h12-14,16-17H,6-11,15H2,1-5H3,(H2,25,26,27)(H2,29,30,34);7H,2-6H2,1H3. The van der Waals surface area contributed by atoms with Crippen LogP contribution >= 0.6 is 7.44 Å². The first-order valence-electron chi connectivity index (χ1n) is 16.5. The van der Waals surface area contributed by atoms with Gasteiger partial charge in [-0.15, -0.1) is 0 Å². The van der Waals surface area contributed by atoms with E-state index in [1.54, 1.807) is 38.6 Å².